The molecule has 34 heavy (non-hydrogen) atoms. The summed E-state index contributed by atoms with van der Waals surface area (Å²) in [6, 6.07) is 8.32. The molecule has 3 nitrogen and oxygen atoms in total. The summed E-state index contributed by atoms with van der Waals surface area (Å²) >= 11 is 0. The third-order valence-corrected chi connectivity index (χ3v) is 7.55. The normalized spacial score (nSPS) is 18.2. The molecular weight excluding hydrogens is 416 g/mol. The monoisotopic (exact) mass is 464 g/mol. The van der Waals surface area contributed by atoms with E-state index in [0.717, 1.165) is 36.1 Å². The van der Waals surface area contributed by atoms with E-state index >= 15 is 0 Å². The van der Waals surface area contributed by atoms with Gasteiger partial charge in [-0.15, -0.1) is 0 Å². The van der Waals surface area contributed by atoms with Crippen LogP contribution in [-0.4, -0.2) is 16.6 Å². The molecule has 0 aliphatic heterocycles. The second kappa shape index (κ2) is 15.9. The van der Waals surface area contributed by atoms with E-state index in [9.17, 15) is 0 Å². The van der Waals surface area contributed by atoms with Gasteiger partial charge in [-0.05, 0) is 67.3 Å². The third-order valence-electron chi connectivity index (χ3n) is 7.55. The molecule has 3 rings (SSSR count). The molecule has 0 bridgehead atoms. The standard InChI is InChI=1S/C31H48N2O/c1-3-5-7-9-10-12-14-28-23-32-31(33-24-28)29-19-21-30(22-20-29)34-25-27-17-15-26(16-18-27)13-11-8-6-4-2/h19-24,26-27H,3-18,25H2,1-2H3/t26-,27-. The maximum Gasteiger partial charge on any atom is 0.159 e. The molecule has 0 spiro atoms. The Labute approximate surface area is 209 Å². The summed E-state index contributed by atoms with van der Waals surface area (Å²) in [5.41, 5.74) is 2.30. The van der Waals surface area contributed by atoms with E-state index in [0.29, 0.717) is 5.92 Å². The van der Waals surface area contributed by atoms with Gasteiger partial charge in [0.1, 0.15) is 5.75 Å². The summed E-state index contributed by atoms with van der Waals surface area (Å²) in [5.74, 6) is 3.44. The van der Waals surface area contributed by atoms with E-state index in [1.54, 1.807) is 0 Å². The highest BCUT2D eigenvalue weighted by atomic mass is 16.5. The van der Waals surface area contributed by atoms with Gasteiger partial charge >= 0.3 is 0 Å². The average molecular weight is 465 g/mol. The molecule has 3 heteroatoms. The van der Waals surface area contributed by atoms with Gasteiger partial charge in [0, 0.05) is 18.0 Å². The number of aromatic nitrogens is 2. The lowest BCUT2D eigenvalue weighted by molar-refractivity contribution is 0.177. The Morgan fingerprint density at radius 1 is 0.706 bits per heavy atom. The Balaban J connectivity index is 1.34. The first kappa shape index (κ1) is 26.7. The summed E-state index contributed by atoms with van der Waals surface area (Å²) < 4.78 is 6.14. The number of benzene rings is 1. The molecular formula is C31H48N2O. The van der Waals surface area contributed by atoms with Crippen LogP contribution in [0.4, 0.5) is 0 Å². The van der Waals surface area contributed by atoms with Crippen molar-refractivity contribution >= 4 is 0 Å². The lowest BCUT2D eigenvalue weighted by atomic mass is 9.80. The molecule has 1 heterocycles. The molecule has 1 saturated carbocycles. The number of rotatable bonds is 16. The van der Waals surface area contributed by atoms with Crippen molar-refractivity contribution in [1.82, 2.24) is 9.97 Å². The molecule has 0 N–H and O–H groups in total. The Bertz CT molecular complexity index is 763. The molecule has 1 aliphatic rings. The zero-order valence-corrected chi connectivity index (χ0v) is 21.9. The fraction of sp³-hybridized carbons (Fsp3) is 0.677. The number of ether oxygens (including phenoxy) is 1. The van der Waals surface area contributed by atoms with E-state index in [1.165, 1.54) is 102 Å². The second-order valence-electron chi connectivity index (χ2n) is 10.5. The lowest BCUT2D eigenvalue weighted by Gasteiger charge is -2.28. The molecule has 188 valence electrons. The number of hydrogen-bond acceptors (Lipinski definition) is 3. The van der Waals surface area contributed by atoms with Crippen LogP contribution >= 0.6 is 0 Å². The predicted octanol–water partition coefficient (Wildman–Crippen LogP) is 9.20. The summed E-state index contributed by atoms with van der Waals surface area (Å²) in [6.07, 6.45) is 25.5. The Hall–Kier alpha value is -1.90. The Morgan fingerprint density at radius 2 is 1.29 bits per heavy atom. The zero-order valence-electron chi connectivity index (χ0n) is 21.9. The minimum absolute atomic E-state index is 0.717. The average Bonchev–Trinajstić information content (AvgIpc) is 2.89. The van der Waals surface area contributed by atoms with Crippen molar-refractivity contribution in [2.24, 2.45) is 11.8 Å². The first-order valence-corrected chi connectivity index (χ1v) is 14.3. The summed E-state index contributed by atoms with van der Waals surface area (Å²) in [7, 11) is 0. The van der Waals surface area contributed by atoms with Crippen LogP contribution in [0.1, 0.15) is 116 Å². The SMILES string of the molecule is CCCCCCCCc1cnc(-c2ccc(OC[C@H]3CC[C@H](CCCCCC)CC3)cc2)nc1. The van der Waals surface area contributed by atoms with Crippen LogP contribution in [-0.2, 0) is 6.42 Å². The topological polar surface area (TPSA) is 35.0 Å². The van der Waals surface area contributed by atoms with E-state index < -0.39 is 0 Å². The van der Waals surface area contributed by atoms with Gasteiger partial charge in [-0.1, -0.05) is 90.9 Å². The highest BCUT2D eigenvalue weighted by Gasteiger charge is 2.21. The Kier molecular flexibility index (Phi) is 12.5. The van der Waals surface area contributed by atoms with Crippen LogP contribution < -0.4 is 4.74 Å². The first-order valence-electron chi connectivity index (χ1n) is 14.3. The maximum absolute atomic E-state index is 6.14. The summed E-state index contributed by atoms with van der Waals surface area (Å²) in [4.78, 5) is 9.23. The molecule has 0 unspecified atom stereocenters. The van der Waals surface area contributed by atoms with Crippen molar-refractivity contribution in [3.63, 3.8) is 0 Å². The van der Waals surface area contributed by atoms with Gasteiger partial charge in [0.15, 0.2) is 5.82 Å². The molecule has 1 aromatic carbocycles. The smallest absolute Gasteiger partial charge is 0.159 e. The van der Waals surface area contributed by atoms with E-state index in [-0.39, 0.29) is 0 Å². The van der Waals surface area contributed by atoms with Crippen molar-refractivity contribution in [2.75, 3.05) is 6.61 Å². The molecule has 1 aromatic heterocycles. The van der Waals surface area contributed by atoms with Gasteiger partial charge in [-0.2, -0.15) is 0 Å². The van der Waals surface area contributed by atoms with Crippen LogP contribution in [0.5, 0.6) is 5.75 Å². The van der Waals surface area contributed by atoms with Crippen molar-refractivity contribution in [3.05, 3.63) is 42.2 Å². The summed E-state index contributed by atoms with van der Waals surface area (Å²) in [6.45, 7) is 5.41. The van der Waals surface area contributed by atoms with Gasteiger partial charge in [-0.3, -0.25) is 0 Å². The zero-order chi connectivity index (χ0) is 23.8. The van der Waals surface area contributed by atoms with Crippen LogP contribution in [0.25, 0.3) is 11.4 Å². The van der Waals surface area contributed by atoms with Crippen molar-refractivity contribution < 1.29 is 4.74 Å². The summed E-state index contributed by atoms with van der Waals surface area (Å²) in [5, 5.41) is 0. The van der Waals surface area contributed by atoms with Crippen molar-refractivity contribution in [1.29, 1.82) is 0 Å². The van der Waals surface area contributed by atoms with Gasteiger partial charge < -0.3 is 4.74 Å². The molecule has 0 saturated heterocycles. The van der Waals surface area contributed by atoms with E-state index in [4.69, 9.17) is 4.74 Å². The minimum Gasteiger partial charge on any atom is -0.493 e. The third kappa shape index (κ3) is 9.76. The maximum atomic E-state index is 6.14. The molecule has 1 fully saturated rings. The highest BCUT2D eigenvalue weighted by molar-refractivity contribution is 5.55. The van der Waals surface area contributed by atoms with Gasteiger partial charge in [0.25, 0.3) is 0 Å². The Morgan fingerprint density at radius 3 is 1.97 bits per heavy atom. The van der Waals surface area contributed by atoms with Crippen molar-refractivity contribution in [2.45, 2.75) is 117 Å². The first-order chi connectivity index (χ1) is 16.8. The molecule has 2 aromatic rings. The van der Waals surface area contributed by atoms with Gasteiger partial charge in [-0.25, -0.2) is 9.97 Å². The van der Waals surface area contributed by atoms with Gasteiger partial charge in [0.2, 0.25) is 0 Å². The second-order valence-corrected chi connectivity index (χ2v) is 10.5. The molecule has 1 aliphatic carbocycles. The van der Waals surface area contributed by atoms with Crippen LogP contribution in [0, 0.1) is 11.8 Å². The minimum atomic E-state index is 0.717. The molecule has 0 radical (unpaired) electrons. The number of unbranched alkanes of at least 4 members (excludes halogenated alkanes) is 8. The largest absolute Gasteiger partial charge is 0.493 e. The predicted molar refractivity (Wildman–Crippen MR) is 144 cm³/mol. The molecule has 0 atom stereocenters. The quantitative estimate of drug-likeness (QED) is 0.232. The number of nitrogens with zero attached hydrogens (tertiary/aromatic N) is 2. The van der Waals surface area contributed by atoms with Crippen LogP contribution in [0.2, 0.25) is 0 Å². The van der Waals surface area contributed by atoms with Crippen molar-refractivity contribution in [3.8, 4) is 17.1 Å². The van der Waals surface area contributed by atoms with E-state index in [2.05, 4.69) is 48.1 Å². The number of aryl methyl sites for hydroxylation is 1. The van der Waals surface area contributed by atoms with Crippen LogP contribution in [0.3, 0.4) is 0 Å². The number of hydrogen-bond donors (Lipinski definition) is 0. The van der Waals surface area contributed by atoms with E-state index in [1.807, 2.05) is 12.4 Å². The fourth-order valence-electron chi connectivity index (χ4n) is 5.20. The lowest BCUT2D eigenvalue weighted by Crippen LogP contribution is -2.20. The highest BCUT2D eigenvalue weighted by Crippen LogP contribution is 2.32. The fourth-order valence-corrected chi connectivity index (χ4v) is 5.20. The molecule has 0 amide bonds. The van der Waals surface area contributed by atoms with Crippen LogP contribution in [0.15, 0.2) is 36.7 Å². The van der Waals surface area contributed by atoms with Gasteiger partial charge in [0.05, 0.1) is 6.61 Å².